The molecule has 0 aromatic carbocycles. The maximum atomic E-state index is 11.7. The lowest BCUT2D eigenvalue weighted by molar-refractivity contribution is 0.0957. The van der Waals surface area contributed by atoms with E-state index in [2.05, 4.69) is 25.6 Å². The second kappa shape index (κ2) is 6.06. The first-order chi connectivity index (χ1) is 8.79. The highest BCUT2D eigenvalue weighted by Crippen LogP contribution is 2.20. The Labute approximate surface area is 109 Å². The van der Waals surface area contributed by atoms with Gasteiger partial charge < -0.3 is 10.6 Å². The SMILES string of the molecule is CCCNC(=O)c1cnc(Nc2cnccn2)s1. The first kappa shape index (κ1) is 12.4. The number of hydrogen-bond acceptors (Lipinski definition) is 6. The number of hydrogen-bond donors (Lipinski definition) is 2. The molecule has 2 aromatic heterocycles. The van der Waals surface area contributed by atoms with Crippen LogP contribution in [0.2, 0.25) is 0 Å². The van der Waals surface area contributed by atoms with Crippen LogP contribution in [0.25, 0.3) is 0 Å². The quantitative estimate of drug-likeness (QED) is 0.860. The van der Waals surface area contributed by atoms with Crippen molar-refractivity contribution in [3.63, 3.8) is 0 Å². The first-order valence-corrected chi connectivity index (χ1v) is 6.38. The summed E-state index contributed by atoms with van der Waals surface area (Å²) < 4.78 is 0. The Kier molecular flexibility index (Phi) is 4.19. The van der Waals surface area contributed by atoms with Gasteiger partial charge in [0.2, 0.25) is 0 Å². The zero-order chi connectivity index (χ0) is 12.8. The molecule has 0 unspecified atom stereocenters. The minimum Gasteiger partial charge on any atom is -0.351 e. The van der Waals surface area contributed by atoms with Crippen LogP contribution in [0.4, 0.5) is 10.9 Å². The molecule has 0 aliphatic heterocycles. The van der Waals surface area contributed by atoms with E-state index in [0.717, 1.165) is 6.42 Å². The summed E-state index contributed by atoms with van der Waals surface area (Å²) in [5.41, 5.74) is 0. The number of rotatable bonds is 5. The molecule has 6 nitrogen and oxygen atoms in total. The van der Waals surface area contributed by atoms with Crippen molar-refractivity contribution in [1.82, 2.24) is 20.3 Å². The predicted molar refractivity (Wildman–Crippen MR) is 70.1 cm³/mol. The molecule has 2 aromatic rings. The van der Waals surface area contributed by atoms with Gasteiger partial charge in [-0.25, -0.2) is 9.97 Å². The molecule has 0 radical (unpaired) electrons. The van der Waals surface area contributed by atoms with Crippen molar-refractivity contribution in [2.24, 2.45) is 0 Å². The molecule has 1 amide bonds. The first-order valence-electron chi connectivity index (χ1n) is 5.56. The zero-order valence-electron chi connectivity index (χ0n) is 9.88. The van der Waals surface area contributed by atoms with Gasteiger partial charge in [-0.3, -0.25) is 9.78 Å². The highest BCUT2D eigenvalue weighted by molar-refractivity contribution is 7.17. The van der Waals surface area contributed by atoms with E-state index in [-0.39, 0.29) is 5.91 Å². The van der Waals surface area contributed by atoms with E-state index in [4.69, 9.17) is 0 Å². The Bertz CT molecular complexity index is 513. The number of aromatic nitrogens is 3. The Morgan fingerprint density at radius 3 is 2.94 bits per heavy atom. The van der Waals surface area contributed by atoms with Crippen molar-refractivity contribution in [1.29, 1.82) is 0 Å². The fourth-order valence-corrected chi connectivity index (χ4v) is 1.98. The summed E-state index contributed by atoms with van der Waals surface area (Å²) in [5.74, 6) is 0.508. The van der Waals surface area contributed by atoms with Crippen molar-refractivity contribution in [3.8, 4) is 0 Å². The number of carbonyl (C=O) groups is 1. The monoisotopic (exact) mass is 263 g/mol. The van der Waals surface area contributed by atoms with Crippen molar-refractivity contribution in [3.05, 3.63) is 29.7 Å². The predicted octanol–water partition coefficient (Wildman–Crippen LogP) is 1.82. The molecular weight excluding hydrogens is 250 g/mol. The van der Waals surface area contributed by atoms with Gasteiger partial charge in [0.05, 0.1) is 12.4 Å². The van der Waals surface area contributed by atoms with E-state index in [9.17, 15) is 4.79 Å². The molecule has 0 aliphatic rings. The molecule has 0 fully saturated rings. The summed E-state index contributed by atoms with van der Waals surface area (Å²) in [6, 6.07) is 0. The molecule has 2 rings (SSSR count). The molecule has 0 bridgehead atoms. The van der Waals surface area contributed by atoms with Crippen LogP contribution >= 0.6 is 11.3 Å². The molecule has 7 heteroatoms. The summed E-state index contributed by atoms with van der Waals surface area (Å²) >= 11 is 1.28. The van der Waals surface area contributed by atoms with Gasteiger partial charge in [0.15, 0.2) is 10.9 Å². The zero-order valence-corrected chi connectivity index (χ0v) is 10.7. The van der Waals surface area contributed by atoms with Crippen LogP contribution in [0.15, 0.2) is 24.8 Å². The molecule has 0 saturated heterocycles. The van der Waals surface area contributed by atoms with E-state index in [1.165, 1.54) is 11.3 Å². The Morgan fingerprint density at radius 2 is 2.22 bits per heavy atom. The van der Waals surface area contributed by atoms with Gasteiger partial charge in [-0.1, -0.05) is 18.3 Å². The largest absolute Gasteiger partial charge is 0.351 e. The Hall–Kier alpha value is -2.02. The van der Waals surface area contributed by atoms with Crippen LogP contribution < -0.4 is 10.6 Å². The highest BCUT2D eigenvalue weighted by Gasteiger charge is 2.09. The fourth-order valence-electron chi connectivity index (χ4n) is 1.24. The number of nitrogens with one attached hydrogen (secondary N) is 2. The van der Waals surface area contributed by atoms with Crippen LogP contribution in [-0.4, -0.2) is 27.4 Å². The molecule has 0 aliphatic carbocycles. The third kappa shape index (κ3) is 3.24. The van der Waals surface area contributed by atoms with E-state index >= 15 is 0 Å². The molecule has 0 atom stereocenters. The number of amides is 1. The number of anilines is 2. The fraction of sp³-hybridized carbons (Fsp3) is 0.273. The van der Waals surface area contributed by atoms with Crippen molar-refractivity contribution < 1.29 is 4.79 Å². The van der Waals surface area contributed by atoms with Gasteiger partial charge in [0.1, 0.15) is 4.88 Å². The van der Waals surface area contributed by atoms with Crippen LogP contribution in [-0.2, 0) is 0 Å². The van der Waals surface area contributed by atoms with Gasteiger partial charge in [0, 0.05) is 18.9 Å². The average Bonchev–Trinajstić information content (AvgIpc) is 2.86. The molecule has 0 saturated carbocycles. The van der Waals surface area contributed by atoms with Gasteiger partial charge in [-0.05, 0) is 6.42 Å². The molecule has 94 valence electrons. The van der Waals surface area contributed by atoms with Crippen LogP contribution in [0.1, 0.15) is 23.0 Å². The van der Waals surface area contributed by atoms with Gasteiger partial charge in [-0.15, -0.1) is 0 Å². The van der Waals surface area contributed by atoms with E-state index < -0.39 is 0 Å². The maximum Gasteiger partial charge on any atom is 0.263 e. The number of thiazole rings is 1. The van der Waals surface area contributed by atoms with Gasteiger partial charge >= 0.3 is 0 Å². The Balaban J connectivity index is 2.00. The van der Waals surface area contributed by atoms with E-state index in [0.29, 0.717) is 22.4 Å². The second-order valence-corrected chi connectivity index (χ2v) is 4.53. The minimum atomic E-state index is -0.0958. The highest BCUT2D eigenvalue weighted by atomic mass is 32.1. The Morgan fingerprint density at radius 1 is 1.33 bits per heavy atom. The van der Waals surface area contributed by atoms with Crippen LogP contribution in [0.5, 0.6) is 0 Å². The van der Waals surface area contributed by atoms with Crippen molar-refractivity contribution in [2.45, 2.75) is 13.3 Å². The molecule has 18 heavy (non-hydrogen) atoms. The van der Waals surface area contributed by atoms with E-state index in [1.807, 2.05) is 6.92 Å². The normalized spacial score (nSPS) is 10.1. The van der Waals surface area contributed by atoms with Crippen LogP contribution in [0.3, 0.4) is 0 Å². The molecule has 0 spiro atoms. The lowest BCUT2D eigenvalue weighted by Crippen LogP contribution is -2.22. The van der Waals surface area contributed by atoms with Crippen LogP contribution in [0, 0.1) is 0 Å². The molecule has 2 heterocycles. The summed E-state index contributed by atoms with van der Waals surface area (Å²) in [5, 5.41) is 6.41. The minimum absolute atomic E-state index is 0.0958. The summed E-state index contributed by atoms with van der Waals surface area (Å²) in [4.78, 5) is 24.4. The number of nitrogens with zero attached hydrogens (tertiary/aromatic N) is 3. The smallest absolute Gasteiger partial charge is 0.263 e. The third-order valence-electron chi connectivity index (χ3n) is 2.06. The van der Waals surface area contributed by atoms with Gasteiger partial charge in [0.25, 0.3) is 5.91 Å². The van der Waals surface area contributed by atoms with E-state index in [1.54, 1.807) is 24.8 Å². The summed E-state index contributed by atoms with van der Waals surface area (Å²) in [6.07, 6.45) is 7.24. The van der Waals surface area contributed by atoms with Crippen molar-refractivity contribution in [2.75, 3.05) is 11.9 Å². The summed E-state index contributed by atoms with van der Waals surface area (Å²) in [7, 11) is 0. The standard InChI is InChI=1S/C11H13N5OS/c1-2-3-14-10(17)8-6-15-11(18-8)16-9-7-12-4-5-13-9/h4-7H,2-3H2,1H3,(H,14,17)(H,13,15,16). The third-order valence-corrected chi connectivity index (χ3v) is 2.97. The molecular formula is C11H13N5OS. The summed E-state index contributed by atoms with van der Waals surface area (Å²) in [6.45, 7) is 2.68. The topological polar surface area (TPSA) is 79.8 Å². The lowest BCUT2D eigenvalue weighted by Gasteiger charge is -1.99. The average molecular weight is 263 g/mol. The van der Waals surface area contributed by atoms with Gasteiger partial charge in [-0.2, -0.15) is 0 Å². The maximum absolute atomic E-state index is 11.7. The number of carbonyl (C=O) groups excluding carboxylic acids is 1. The molecule has 2 N–H and O–H groups in total. The lowest BCUT2D eigenvalue weighted by atomic mass is 10.4. The second-order valence-electron chi connectivity index (χ2n) is 3.50. The van der Waals surface area contributed by atoms with Crippen molar-refractivity contribution >= 4 is 28.2 Å².